The van der Waals surface area contributed by atoms with Crippen molar-refractivity contribution >= 4 is 11.7 Å². The van der Waals surface area contributed by atoms with E-state index in [1.54, 1.807) is 11.8 Å². The first-order chi connectivity index (χ1) is 15.2. The summed E-state index contributed by atoms with van der Waals surface area (Å²) >= 11 is 0. The summed E-state index contributed by atoms with van der Waals surface area (Å²) in [6, 6.07) is 3.96. The molecule has 1 aliphatic rings. The number of nitrogens with zero attached hydrogens (tertiary/aromatic N) is 6. The maximum atomic E-state index is 13.4. The van der Waals surface area contributed by atoms with Gasteiger partial charge in [-0.1, -0.05) is 6.92 Å². The summed E-state index contributed by atoms with van der Waals surface area (Å²) in [5, 5.41) is 4.11. The van der Waals surface area contributed by atoms with E-state index < -0.39 is 18.7 Å². The maximum Gasteiger partial charge on any atom is 0.388 e. The molecule has 4 rings (SSSR count). The van der Waals surface area contributed by atoms with Crippen molar-refractivity contribution in [2.24, 2.45) is 5.92 Å². The summed E-state index contributed by atoms with van der Waals surface area (Å²) in [6.07, 6.45) is -0.925. The average Bonchev–Trinajstić information content (AvgIpc) is 3.21. The van der Waals surface area contributed by atoms with E-state index >= 15 is 0 Å². The molecule has 0 saturated carbocycles. The molecule has 8 nitrogen and oxygen atoms in total. The molecule has 1 fully saturated rings. The Kier molecular flexibility index (Phi) is 5.94. The van der Waals surface area contributed by atoms with Gasteiger partial charge in [0.1, 0.15) is 12.0 Å². The molecule has 3 aromatic heterocycles. The number of amides is 1. The number of alkyl halides is 4. The first-order valence-electron chi connectivity index (χ1n) is 9.94. The topological polar surface area (TPSA) is 85.5 Å². The van der Waals surface area contributed by atoms with E-state index in [9.17, 15) is 22.4 Å². The Morgan fingerprint density at radius 1 is 1.19 bits per heavy atom. The van der Waals surface area contributed by atoms with E-state index in [0.717, 1.165) is 0 Å². The van der Waals surface area contributed by atoms with Gasteiger partial charge in [-0.3, -0.25) is 4.79 Å². The Morgan fingerprint density at radius 2 is 1.97 bits per heavy atom. The number of pyridine rings is 1. The highest BCUT2D eigenvalue weighted by Gasteiger charge is 2.33. The molecule has 0 aromatic carbocycles. The van der Waals surface area contributed by atoms with Crippen LogP contribution in [0.25, 0.3) is 5.78 Å². The van der Waals surface area contributed by atoms with Crippen LogP contribution in [0.15, 0.2) is 24.5 Å². The van der Waals surface area contributed by atoms with Gasteiger partial charge in [0, 0.05) is 36.3 Å². The minimum Gasteiger partial charge on any atom is -0.417 e. The van der Waals surface area contributed by atoms with Crippen LogP contribution in [-0.4, -0.2) is 55.1 Å². The van der Waals surface area contributed by atoms with Crippen LogP contribution in [0.2, 0.25) is 0 Å². The van der Waals surface area contributed by atoms with Crippen LogP contribution in [0, 0.1) is 12.8 Å². The van der Waals surface area contributed by atoms with Crippen molar-refractivity contribution in [2.45, 2.75) is 39.2 Å². The molecular formula is C20H20F4N6O2. The molecule has 170 valence electrons. The first kappa shape index (κ1) is 21.9. The number of piperidine rings is 1. The zero-order valence-corrected chi connectivity index (χ0v) is 17.3. The smallest absolute Gasteiger partial charge is 0.388 e. The summed E-state index contributed by atoms with van der Waals surface area (Å²) in [6.45, 7) is 1.14. The molecule has 1 amide bonds. The predicted octanol–water partition coefficient (Wildman–Crippen LogP) is 3.63. The fraction of sp³-hybridized carbons (Fsp3) is 0.450. The highest BCUT2D eigenvalue weighted by Crippen LogP contribution is 2.34. The molecule has 0 N–H and O–H groups in total. The van der Waals surface area contributed by atoms with Crippen molar-refractivity contribution in [1.29, 1.82) is 0 Å². The highest BCUT2D eigenvalue weighted by atomic mass is 19.3. The third-order valence-corrected chi connectivity index (χ3v) is 5.53. The molecule has 3 aromatic rings. The Hall–Kier alpha value is -3.31. The molecule has 4 heterocycles. The van der Waals surface area contributed by atoms with Gasteiger partial charge in [-0.15, -0.1) is 0 Å². The zero-order valence-electron chi connectivity index (χ0n) is 17.3. The number of hydrogen-bond acceptors (Lipinski definition) is 6. The molecule has 32 heavy (non-hydrogen) atoms. The third-order valence-electron chi connectivity index (χ3n) is 5.53. The summed E-state index contributed by atoms with van der Waals surface area (Å²) in [4.78, 5) is 26.3. The highest BCUT2D eigenvalue weighted by molar-refractivity contribution is 5.94. The van der Waals surface area contributed by atoms with Crippen LogP contribution in [0.4, 0.5) is 17.6 Å². The van der Waals surface area contributed by atoms with E-state index in [4.69, 9.17) is 0 Å². The normalized spacial score (nSPS) is 19.2. The van der Waals surface area contributed by atoms with Crippen LogP contribution in [-0.2, 0) is 0 Å². The van der Waals surface area contributed by atoms with Crippen molar-refractivity contribution in [3.05, 3.63) is 47.2 Å². The molecule has 1 saturated heterocycles. The fourth-order valence-corrected chi connectivity index (χ4v) is 3.96. The standard InChI is InChI=1S/C20H20F4N6O2/c1-10-3-4-29(18(31)12-5-11(2)27-16(6-12)32-19(23)24)8-13(10)15-7-14(17(21)22)28-20-25-9-26-30(15)20/h5-7,9-10,13,17,19H,3-4,8H2,1-2H3/t10-,13-/m1/s1. The minimum atomic E-state index is -3.06. The second-order valence-electron chi connectivity index (χ2n) is 7.72. The Morgan fingerprint density at radius 3 is 2.69 bits per heavy atom. The number of carbonyl (C=O) groups excluding carboxylic acids is 1. The van der Waals surface area contributed by atoms with Gasteiger partial charge in [-0.25, -0.2) is 23.3 Å². The molecular weight excluding hydrogens is 432 g/mol. The first-order valence-corrected chi connectivity index (χ1v) is 9.94. The summed E-state index contributed by atoms with van der Waals surface area (Å²) in [7, 11) is 0. The van der Waals surface area contributed by atoms with Gasteiger partial charge in [0.25, 0.3) is 18.1 Å². The largest absolute Gasteiger partial charge is 0.417 e. The van der Waals surface area contributed by atoms with Gasteiger partial charge < -0.3 is 9.64 Å². The van der Waals surface area contributed by atoms with Crippen molar-refractivity contribution < 1.29 is 27.1 Å². The maximum absolute atomic E-state index is 13.4. The predicted molar refractivity (Wildman–Crippen MR) is 104 cm³/mol. The molecule has 0 radical (unpaired) electrons. The lowest BCUT2D eigenvalue weighted by atomic mass is 9.84. The van der Waals surface area contributed by atoms with Crippen molar-refractivity contribution in [3.63, 3.8) is 0 Å². The molecule has 0 spiro atoms. The van der Waals surface area contributed by atoms with Crippen LogP contribution < -0.4 is 4.74 Å². The quantitative estimate of drug-likeness (QED) is 0.550. The lowest BCUT2D eigenvalue weighted by Crippen LogP contribution is -2.42. The van der Waals surface area contributed by atoms with Crippen LogP contribution >= 0.6 is 0 Å². The lowest BCUT2D eigenvalue weighted by Gasteiger charge is -2.37. The Labute approximate surface area is 180 Å². The van der Waals surface area contributed by atoms with Crippen molar-refractivity contribution in [3.8, 4) is 5.88 Å². The molecule has 1 aliphatic heterocycles. The lowest BCUT2D eigenvalue weighted by molar-refractivity contribution is -0.0529. The third kappa shape index (κ3) is 4.34. The van der Waals surface area contributed by atoms with Crippen LogP contribution in [0.1, 0.15) is 53.1 Å². The molecule has 0 aliphatic carbocycles. The molecule has 0 bridgehead atoms. The second kappa shape index (κ2) is 8.67. The average molecular weight is 452 g/mol. The summed E-state index contributed by atoms with van der Waals surface area (Å²) < 4.78 is 57.7. The number of hydrogen-bond donors (Lipinski definition) is 0. The Balaban J connectivity index is 1.65. The van der Waals surface area contributed by atoms with E-state index in [2.05, 4.69) is 24.8 Å². The van der Waals surface area contributed by atoms with Gasteiger partial charge in [0.05, 0.1) is 5.69 Å². The van der Waals surface area contributed by atoms with E-state index in [1.165, 1.54) is 29.0 Å². The van der Waals surface area contributed by atoms with E-state index in [1.807, 2.05) is 6.92 Å². The molecule has 0 unspecified atom stereocenters. The van der Waals surface area contributed by atoms with Crippen LogP contribution in [0.5, 0.6) is 5.88 Å². The summed E-state index contributed by atoms with van der Waals surface area (Å²) in [5.74, 6) is -0.907. The van der Waals surface area contributed by atoms with Crippen molar-refractivity contribution in [1.82, 2.24) is 29.5 Å². The van der Waals surface area contributed by atoms with Gasteiger partial charge in [-0.2, -0.15) is 18.9 Å². The number of aryl methyl sites for hydroxylation is 1. The van der Waals surface area contributed by atoms with Crippen molar-refractivity contribution in [2.75, 3.05) is 13.1 Å². The summed E-state index contributed by atoms with van der Waals surface area (Å²) in [5.41, 5.74) is 0.596. The number of halogens is 4. The number of carbonyl (C=O) groups is 1. The van der Waals surface area contributed by atoms with E-state index in [-0.39, 0.29) is 41.5 Å². The number of aromatic nitrogens is 5. The Bertz CT molecular complexity index is 1140. The fourth-order valence-electron chi connectivity index (χ4n) is 3.96. The number of ether oxygens (including phenoxy) is 1. The monoisotopic (exact) mass is 452 g/mol. The SMILES string of the molecule is Cc1cc(C(=O)N2CC[C@@H](C)[C@H](c3cc(C(F)F)nc4ncnn34)C2)cc(OC(F)F)n1. The second-order valence-corrected chi connectivity index (χ2v) is 7.72. The number of likely N-dealkylation sites (tertiary alicyclic amines) is 1. The van der Waals surface area contributed by atoms with E-state index in [0.29, 0.717) is 24.4 Å². The van der Waals surface area contributed by atoms with Crippen LogP contribution in [0.3, 0.4) is 0 Å². The number of rotatable bonds is 5. The molecule has 2 atom stereocenters. The minimum absolute atomic E-state index is 0.0620. The number of fused-ring (bicyclic) bond motifs is 1. The van der Waals surface area contributed by atoms with Gasteiger partial charge in [0.2, 0.25) is 5.88 Å². The zero-order chi connectivity index (χ0) is 23.0. The van der Waals surface area contributed by atoms with Gasteiger partial charge in [0.15, 0.2) is 0 Å². The molecule has 12 heteroatoms. The van der Waals surface area contributed by atoms with Gasteiger partial charge in [-0.05, 0) is 31.4 Å². The van der Waals surface area contributed by atoms with Gasteiger partial charge >= 0.3 is 6.61 Å².